The molecule has 1 aromatic carbocycles. The first-order valence-corrected chi connectivity index (χ1v) is 13.2. The fourth-order valence-corrected chi connectivity index (χ4v) is 8.54. The molecule has 2 bridgehead atoms. The van der Waals surface area contributed by atoms with E-state index < -0.39 is 27.4 Å². The number of aliphatic hydroxyl groups excluding tert-OH is 1. The average Bonchev–Trinajstić information content (AvgIpc) is 3.35. The monoisotopic (exact) mass is 488 g/mol. The van der Waals surface area contributed by atoms with Gasteiger partial charge < -0.3 is 20.1 Å². The molecule has 2 amide bonds. The lowest BCUT2D eigenvalue weighted by Gasteiger charge is -2.34. The van der Waals surface area contributed by atoms with Crippen LogP contribution in [0.2, 0.25) is 0 Å². The molecule has 0 aliphatic carbocycles. The zero-order valence-electron chi connectivity index (χ0n) is 20.6. The maximum Gasteiger partial charge on any atom is 0.311 e. The van der Waals surface area contributed by atoms with Crippen LogP contribution in [-0.4, -0.2) is 63.1 Å². The van der Waals surface area contributed by atoms with Crippen LogP contribution in [0.25, 0.3) is 0 Å². The smallest absolute Gasteiger partial charge is 0.311 e. The van der Waals surface area contributed by atoms with Crippen molar-refractivity contribution in [3.8, 4) is 0 Å². The zero-order valence-corrected chi connectivity index (χ0v) is 21.4. The number of aliphatic hydroxyl groups is 1. The Hall–Kier alpha value is -2.06. The summed E-state index contributed by atoms with van der Waals surface area (Å²) in [5.41, 5.74) is 2.76. The van der Waals surface area contributed by atoms with Crippen LogP contribution >= 0.6 is 11.8 Å². The molecule has 0 saturated carbocycles. The van der Waals surface area contributed by atoms with Gasteiger partial charge in [0, 0.05) is 23.6 Å². The highest BCUT2D eigenvalue weighted by Crippen LogP contribution is 2.71. The molecular weight excluding hydrogens is 452 g/mol. The number of esters is 1. The van der Waals surface area contributed by atoms with Gasteiger partial charge in [0.2, 0.25) is 11.8 Å². The summed E-state index contributed by atoms with van der Waals surface area (Å²) in [6, 6.07) is 5.29. The number of nitrogens with one attached hydrogen (secondary N) is 1. The number of fused-ring (bicyclic) bond motifs is 1. The topological polar surface area (TPSA) is 95.9 Å². The van der Waals surface area contributed by atoms with Crippen LogP contribution in [0.1, 0.15) is 57.1 Å². The molecule has 3 heterocycles. The predicted molar refractivity (Wildman–Crippen MR) is 133 cm³/mol. The Labute approximate surface area is 206 Å². The Morgan fingerprint density at radius 2 is 2.00 bits per heavy atom. The zero-order chi connectivity index (χ0) is 24.7. The van der Waals surface area contributed by atoms with Crippen molar-refractivity contribution in [2.45, 2.75) is 75.3 Å². The molecule has 3 aliphatic rings. The number of carbonyl (C=O) groups excluding carboxylic acids is 3. The number of nitrogens with zero attached hydrogens (tertiary/aromatic N) is 1. The van der Waals surface area contributed by atoms with Crippen molar-refractivity contribution in [1.82, 2.24) is 4.90 Å². The van der Waals surface area contributed by atoms with Crippen LogP contribution in [0, 0.1) is 25.7 Å². The minimum atomic E-state index is -0.648. The number of hydrogen-bond donors (Lipinski definition) is 2. The lowest BCUT2D eigenvalue weighted by molar-refractivity contribution is -0.155. The van der Waals surface area contributed by atoms with Gasteiger partial charge in [-0.15, -0.1) is 11.8 Å². The van der Waals surface area contributed by atoms with E-state index in [-0.39, 0.29) is 31.0 Å². The van der Waals surface area contributed by atoms with E-state index in [1.54, 1.807) is 23.6 Å². The predicted octanol–water partition coefficient (Wildman–Crippen LogP) is 3.45. The van der Waals surface area contributed by atoms with Crippen LogP contribution in [0.5, 0.6) is 0 Å². The van der Waals surface area contributed by atoms with Gasteiger partial charge in [-0.1, -0.05) is 12.1 Å². The van der Waals surface area contributed by atoms with Gasteiger partial charge in [-0.3, -0.25) is 14.4 Å². The van der Waals surface area contributed by atoms with Gasteiger partial charge in [-0.25, -0.2) is 0 Å². The molecule has 2 N–H and O–H groups in total. The first-order valence-electron chi connectivity index (χ1n) is 12.3. The first-order chi connectivity index (χ1) is 16.2. The molecule has 4 rings (SSSR count). The summed E-state index contributed by atoms with van der Waals surface area (Å²) in [5, 5.41) is 12.3. The summed E-state index contributed by atoms with van der Waals surface area (Å²) in [4.78, 5) is 42.5. The lowest BCUT2D eigenvalue weighted by atomic mass is 9.66. The number of benzene rings is 1. The Bertz CT molecular complexity index is 984. The molecule has 3 aliphatic heterocycles. The summed E-state index contributed by atoms with van der Waals surface area (Å²) >= 11 is 1.66. The number of likely N-dealkylation sites (tertiary alicyclic amines) is 1. The minimum Gasteiger partial charge on any atom is -0.466 e. The fraction of sp³-hybridized carbons (Fsp3) is 0.654. The molecular formula is C26H36N2O5S. The number of carbonyl (C=O) groups is 3. The summed E-state index contributed by atoms with van der Waals surface area (Å²) in [7, 11) is 0. The van der Waals surface area contributed by atoms with Crippen molar-refractivity contribution >= 4 is 35.2 Å². The molecule has 2 unspecified atom stereocenters. The number of ether oxygens (including phenoxy) is 1. The van der Waals surface area contributed by atoms with Crippen molar-refractivity contribution in [3.05, 3.63) is 29.3 Å². The maximum absolute atomic E-state index is 13.9. The van der Waals surface area contributed by atoms with E-state index in [2.05, 4.69) is 5.32 Å². The average molecular weight is 489 g/mol. The normalized spacial score (nSPS) is 31.6. The van der Waals surface area contributed by atoms with Gasteiger partial charge in [-0.2, -0.15) is 0 Å². The Morgan fingerprint density at radius 3 is 2.71 bits per heavy atom. The van der Waals surface area contributed by atoms with Crippen molar-refractivity contribution < 1.29 is 24.2 Å². The largest absolute Gasteiger partial charge is 0.466 e. The van der Waals surface area contributed by atoms with Crippen molar-refractivity contribution in [2.24, 2.45) is 11.8 Å². The highest BCUT2D eigenvalue weighted by Gasteiger charge is 2.77. The van der Waals surface area contributed by atoms with Gasteiger partial charge in [0.15, 0.2) is 0 Å². The molecule has 8 heteroatoms. The second-order valence-corrected chi connectivity index (χ2v) is 12.0. The number of amides is 2. The van der Waals surface area contributed by atoms with Crippen LogP contribution in [-0.2, 0) is 19.1 Å². The fourth-order valence-electron chi connectivity index (χ4n) is 6.20. The van der Waals surface area contributed by atoms with Crippen molar-refractivity contribution in [1.29, 1.82) is 0 Å². The minimum absolute atomic E-state index is 0.107. The molecule has 1 spiro atoms. The van der Waals surface area contributed by atoms with Crippen LogP contribution < -0.4 is 5.32 Å². The third-order valence-electron chi connectivity index (χ3n) is 7.77. The molecule has 0 aromatic heterocycles. The van der Waals surface area contributed by atoms with Gasteiger partial charge >= 0.3 is 5.97 Å². The number of rotatable bonds is 9. The maximum atomic E-state index is 13.9. The van der Waals surface area contributed by atoms with Gasteiger partial charge in [0.1, 0.15) is 6.04 Å². The Kier molecular flexibility index (Phi) is 7.02. The molecule has 5 atom stereocenters. The summed E-state index contributed by atoms with van der Waals surface area (Å²) in [6.45, 7) is 8.58. The van der Waals surface area contributed by atoms with E-state index in [4.69, 9.17) is 9.84 Å². The molecule has 3 saturated heterocycles. The van der Waals surface area contributed by atoms with Crippen LogP contribution in [0.15, 0.2) is 18.2 Å². The molecule has 1 aromatic rings. The Balaban J connectivity index is 1.69. The molecule has 7 nitrogen and oxygen atoms in total. The summed E-state index contributed by atoms with van der Waals surface area (Å²) in [6.07, 6.45) is 3.63. The quantitative estimate of drug-likeness (QED) is 0.408. The number of unbranched alkanes of at least 4 members (excludes halogenated alkanes) is 2. The van der Waals surface area contributed by atoms with E-state index in [0.29, 0.717) is 19.4 Å². The van der Waals surface area contributed by atoms with E-state index in [0.717, 1.165) is 36.1 Å². The van der Waals surface area contributed by atoms with Gasteiger partial charge in [0.05, 0.1) is 23.2 Å². The number of anilines is 1. The van der Waals surface area contributed by atoms with Crippen molar-refractivity contribution in [2.75, 3.05) is 25.1 Å². The molecule has 186 valence electrons. The third kappa shape index (κ3) is 4.02. The lowest BCUT2D eigenvalue weighted by Crippen LogP contribution is -2.51. The summed E-state index contributed by atoms with van der Waals surface area (Å²) in [5.74, 6) is -1.72. The van der Waals surface area contributed by atoms with Gasteiger partial charge in [0.25, 0.3) is 0 Å². The highest BCUT2D eigenvalue weighted by atomic mass is 32.2. The standard InChI is InChI=1S/C26H36N2O5S/c1-5-33-24(32)20-19-23(31)28(13-7-6-8-14-29)21(26(19)12-11-25(20,4)34-26)22(30)27-18-15-16(2)9-10-17(18)3/h9-10,15,19-21,29H,5-8,11-14H2,1-4H3,(H,27,30)/t19-,20-,21?,25+,26?/m0/s1. The van der Waals surface area contributed by atoms with E-state index in [9.17, 15) is 14.4 Å². The first kappa shape index (κ1) is 25.0. The van der Waals surface area contributed by atoms with E-state index >= 15 is 0 Å². The SMILES string of the molecule is CCOC(=O)[C@@H]1[C@H]2C(=O)N(CCCCCO)C(C(=O)Nc3cc(C)ccc3C)C23CC[C@@]1(C)S3. The van der Waals surface area contributed by atoms with E-state index in [1.807, 2.05) is 39.0 Å². The third-order valence-corrected chi connectivity index (χ3v) is 9.76. The number of hydrogen-bond acceptors (Lipinski definition) is 6. The van der Waals surface area contributed by atoms with Crippen LogP contribution in [0.4, 0.5) is 5.69 Å². The molecule has 0 radical (unpaired) electrons. The van der Waals surface area contributed by atoms with Crippen LogP contribution in [0.3, 0.4) is 0 Å². The van der Waals surface area contributed by atoms with E-state index in [1.165, 1.54) is 0 Å². The molecule has 34 heavy (non-hydrogen) atoms. The van der Waals surface area contributed by atoms with Crippen molar-refractivity contribution in [3.63, 3.8) is 0 Å². The molecule has 3 fully saturated rings. The second-order valence-electron chi connectivity index (χ2n) is 10.1. The van der Waals surface area contributed by atoms with Gasteiger partial charge in [-0.05, 0) is 77.0 Å². The summed E-state index contributed by atoms with van der Waals surface area (Å²) < 4.78 is 4.37. The highest BCUT2D eigenvalue weighted by molar-refractivity contribution is 8.02. The Morgan fingerprint density at radius 1 is 1.24 bits per heavy atom. The number of thioether (sulfide) groups is 1. The number of aryl methyl sites for hydroxylation is 2. The second kappa shape index (κ2) is 9.53.